The summed E-state index contributed by atoms with van der Waals surface area (Å²) in [6, 6.07) is 3.60. The smallest absolute Gasteiger partial charge is 0.236 e. The first kappa shape index (κ1) is 9.67. The lowest BCUT2D eigenvalue weighted by Gasteiger charge is -2.02. The first-order chi connectivity index (χ1) is 5.74. The lowest BCUT2D eigenvalue weighted by molar-refractivity contribution is -0.113. The van der Waals surface area contributed by atoms with Gasteiger partial charge in [0.2, 0.25) is 5.91 Å². The predicted molar refractivity (Wildman–Crippen MR) is 54.4 cm³/mol. The van der Waals surface area contributed by atoms with Crippen molar-refractivity contribution in [2.45, 2.75) is 0 Å². The molecule has 1 aromatic heterocycles. The molecule has 0 saturated heterocycles. The Morgan fingerprint density at radius 1 is 1.67 bits per heavy atom. The average Bonchev–Trinajstić information content (AvgIpc) is 2.09. The maximum Gasteiger partial charge on any atom is 0.236 e. The standard InChI is InChI=1S/C7H6Br2N2O/c8-4-6(12)11-7-5(9)2-1-3-10-7/h1-3H,4H2,(H,10,11,12). The second-order valence-corrected chi connectivity index (χ2v) is 3.43. The molecule has 64 valence electrons. The molecule has 3 nitrogen and oxygen atoms in total. The Morgan fingerprint density at radius 3 is 3.00 bits per heavy atom. The highest BCUT2D eigenvalue weighted by atomic mass is 79.9. The number of nitrogens with zero attached hydrogens (tertiary/aromatic N) is 1. The summed E-state index contributed by atoms with van der Waals surface area (Å²) in [7, 11) is 0. The van der Waals surface area contributed by atoms with Crippen LogP contribution < -0.4 is 5.32 Å². The summed E-state index contributed by atoms with van der Waals surface area (Å²) < 4.78 is 0.777. The predicted octanol–water partition coefficient (Wildman–Crippen LogP) is 2.18. The number of alkyl halides is 1. The Morgan fingerprint density at radius 2 is 2.42 bits per heavy atom. The zero-order chi connectivity index (χ0) is 8.97. The van der Waals surface area contributed by atoms with Crippen LogP contribution in [-0.2, 0) is 4.79 Å². The number of rotatable bonds is 2. The molecule has 0 saturated carbocycles. The molecule has 0 aromatic carbocycles. The summed E-state index contributed by atoms with van der Waals surface area (Å²) in [6.07, 6.45) is 1.62. The van der Waals surface area contributed by atoms with Crippen molar-refractivity contribution in [1.82, 2.24) is 4.98 Å². The molecule has 1 aromatic rings. The van der Waals surface area contributed by atoms with Crippen molar-refractivity contribution in [3.63, 3.8) is 0 Å². The minimum Gasteiger partial charge on any atom is -0.309 e. The van der Waals surface area contributed by atoms with E-state index in [2.05, 4.69) is 42.2 Å². The molecule has 0 fully saturated rings. The Hall–Kier alpha value is -0.420. The highest BCUT2D eigenvalue weighted by molar-refractivity contribution is 9.10. The number of nitrogens with one attached hydrogen (secondary N) is 1. The minimum absolute atomic E-state index is 0.116. The Bertz CT molecular complexity index is 290. The van der Waals surface area contributed by atoms with Crippen molar-refractivity contribution in [3.05, 3.63) is 22.8 Å². The highest BCUT2D eigenvalue weighted by Gasteiger charge is 2.03. The van der Waals surface area contributed by atoms with E-state index in [1.807, 2.05) is 6.07 Å². The van der Waals surface area contributed by atoms with Gasteiger partial charge in [0.05, 0.1) is 9.80 Å². The van der Waals surface area contributed by atoms with Crippen molar-refractivity contribution in [3.8, 4) is 0 Å². The third kappa shape index (κ3) is 2.57. The Kier molecular flexibility index (Phi) is 3.68. The second-order valence-electron chi connectivity index (χ2n) is 2.02. The topological polar surface area (TPSA) is 42.0 Å². The number of amides is 1. The van der Waals surface area contributed by atoms with Crippen LogP contribution >= 0.6 is 31.9 Å². The third-order valence-electron chi connectivity index (χ3n) is 1.14. The number of carbonyl (C=O) groups excluding carboxylic acids is 1. The molecule has 0 bridgehead atoms. The summed E-state index contributed by atoms with van der Waals surface area (Å²) in [4.78, 5) is 14.9. The Balaban J connectivity index is 2.75. The molecule has 5 heteroatoms. The first-order valence-corrected chi connectivity index (χ1v) is 5.12. The van der Waals surface area contributed by atoms with Gasteiger partial charge >= 0.3 is 0 Å². The quantitative estimate of drug-likeness (QED) is 0.849. The van der Waals surface area contributed by atoms with Gasteiger partial charge in [0.15, 0.2) is 0 Å². The van der Waals surface area contributed by atoms with Crippen LogP contribution in [0.1, 0.15) is 0 Å². The van der Waals surface area contributed by atoms with Crippen LogP contribution in [0.3, 0.4) is 0 Å². The van der Waals surface area contributed by atoms with Crippen molar-refractivity contribution in [2.24, 2.45) is 0 Å². The van der Waals surface area contributed by atoms with Crippen molar-refractivity contribution >= 4 is 43.6 Å². The first-order valence-electron chi connectivity index (χ1n) is 3.20. The molecule has 1 heterocycles. The van der Waals surface area contributed by atoms with Crippen LogP contribution in [0.4, 0.5) is 5.82 Å². The van der Waals surface area contributed by atoms with E-state index >= 15 is 0 Å². The number of hydrogen-bond donors (Lipinski definition) is 1. The van der Waals surface area contributed by atoms with Crippen LogP contribution in [0.15, 0.2) is 22.8 Å². The number of aromatic nitrogens is 1. The summed E-state index contributed by atoms with van der Waals surface area (Å²) in [5.41, 5.74) is 0. The van der Waals surface area contributed by atoms with E-state index in [-0.39, 0.29) is 11.2 Å². The third-order valence-corrected chi connectivity index (χ3v) is 2.29. The highest BCUT2D eigenvalue weighted by Crippen LogP contribution is 2.17. The average molecular weight is 294 g/mol. The van der Waals surface area contributed by atoms with Crippen LogP contribution in [0.25, 0.3) is 0 Å². The van der Waals surface area contributed by atoms with E-state index in [9.17, 15) is 4.79 Å². The van der Waals surface area contributed by atoms with Crippen molar-refractivity contribution < 1.29 is 4.79 Å². The van der Waals surface area contributed by atoms with Gasteiger partial charge in [0, 0.05) is 6.20 Å². The molecule has 0 radical (unpaired) electrons. The maximum atomic E-state index is 10.9. The van der Waals surface area contributed by atoms with Gasteiger partial charge in [-0.25, -0.2) is 4.98 Å². The summed E-state index contributed by atoms with van der Waals surface area (Å²) in [5.74, 6) is 0.427. The van der Waals surface area contributed by atoms with E-state index in [0.29, 0.717) is 5.82 Å². The van der Waals surface area contributed by atoms with Gasteiger partial charge in [-0.2, -0.15) is 0 Å². The number of anilines is 1. The lowest BCUT2D eigenvalue weighted by Crippen LogP contribution is -2.13. The SMILES string of the molecule is O=C(CBr)Nc1ncccc1Br. The van der Waals surface area contributed by atoms with E-state index < -0.39 is 0 Å². The summed E-state index contributed by atoms with van der Waals surface area (Å²) in [6.45, 7) is 0. The van der Waals surface area contributed by atoms with Crippen molar-refractivity contribution in [1.29, 1.82) is 0 Å². The van der Waals surface area contributed by atoms with Crippen LogP contribution in [0.2, 0.25) is 0 Å². The summed E-state index contributed by atoms with van der Waals surface area (Å²) >= 11 is 6.30. The fourth-order valence-electron chi connectivity index (χ4n) is 0.643. The van der Waals surface area contributed by atoms with Crippen LogP contribution in [0, 0.1) is 0 Å². The molecule has 1 amide bonds. The van der Waals surface area contributed by atoms with E-state index in [0.717, 1.165) is 4.47 Å². The molecule has 1 rings (SSSR count). The number of halogens is 2. The Labute approximate surface area is 86.8 Å². The molecular weight excluding hydrogens is 288 g/mol. The maximum absolute atomic E-state index is 10.9. The number of carbonyl (C=O) groups is 1. The van der Waals surface area contributed by atoms with Gasteiger partial charge < -0.3 is 5.32 Å². The van der Waals surface area contributed by atoms with Crippen molar-refractivity contribution in [2.75, 3.05) is 10.6 Å². The molecular formula is C7H6Br2N2O. The molecule has 1 N–H and O–H groups in total. The molecule has 0 spiro atoms. The van der Waals surface area contributed by atoms with Crippen LogP contribution in [0.5, 0.6) is 0 Å². The second kappa shape index (κ2) is 4.57. The fourth-order valence-corrected chi connectivity index (χ4v) is 1.14. The largest absolute Gasteiger partial charge is 0.309 e. The van der Waals surface area contributed by atoms with E-state index in [1.165, 1.54) is 0 Å². The molecule has 0 aliphatic carbocycles. The number of hydrogen-bond acceptors (Lipinski definition) is 2. The van der Waals surface area contributed by atoms with Gasteiger partial charge in [-0.1, -0.05) is 15.9 Å². The fraction of sp³-hybridized carbons (Fsp3) is 0.143. The normalized spacial score (nSPS) is 9.50. The summed E-state index contributed by atoms with van der Waals surface area (Å²) in [5, 5.41) is 2.89. The van der Waals surface area contributed by atoms with Gasteiger partial charge in [0.1, 0.15) is 5.82 Å². The molecule has 0 aliphatic rings. The van der Waals surface area contributed by atoms with Gasteiger partial charge in [-0.05, 0) is 28.1 Å². The van der Waals surface area contributed by atoms with E-state index in [4.69, 9.17) is 0 Å². The zero-order valence-corrected chi connectivity index (χ0v) is 9.22. The molecule has 12 heavy (non-hydrogen) atoms. The molecule has 0 atom stereocenters. The zero-order valence-electron chi connectivity index (χ0n) is 6.05. The lowest BCUT2D eigenvalue weighted by atomic mass is 10.4. The molecule has 0 aliphatic heterocycles. The van der Waals surface area contributed by atoms with Crippen LogP contribution in [-0.4, -0.2) is 16.2 Å². The van der Waals surface area contributed by atoms with Gasteiger partial charge in [-0.15, -0.1) is 0 Å². The number of pyridine rings is 1. The minimum atomic E-state index is -0.116. The van der Waals surface area contributed by atoms with Gasteiger partial charge in [0.25, 0.3) is 0 Å². The monoisotopic (exact) mass is 292 g/mol. The molecule has 0 unspecified atom stereocenters. The van der Waals surface area contributed by atoms with E-state index in [1.54, 1.807) is 12.3 Å². The van der Waals surface area contributed by atoms with Gasteiger partial charge in [-0.3, -0.25) is 4.79 Å².